The van der Waals surface area contributed by atoms with Crippen LogP contribution in [0.25, 0.3) is 0 Å². The Morgan fingerprint density at radius 3 is 1.94 bits per heavy atom. The molecule has 0 aliphatic heterocycles. The smallest absolute Gasteiger partial charge is 0.328 e. The minimum absolute atomic E-state index is 0.135. The van der Waals surface area contributed by atoms with Crippen LogP contribution in [0.1, 0.15) is 36.1 Å². The molecule has 0 bridgehead atoms. The van der Waals surface area contributed by atoms with Crippen molar-refractivity contribution < 1.29 is 19.5 Å². The zero-order valence-corrected chi connectivity index (χ0v) is 19.7. The highest BCUT2D eigenvalue weighted by atomic mass is 32.2. The van der Waals surface area contributed by atoms with E-state index in [0.29, 0.717) is 11.6 Å². The maximum atomic E-state index is 13.2. The van der Waals surface area contributed by atoms with E-state index < -0.39 is 17.1 Å². The molecule has 0 heterocycles. The largest absolute Gasteiger partial charge is 0.478 e. The Kier molecular flexibility index (Phi) is 8.65. The van der Waals surface area contributed by atoms with Crippen LogP contribution < -0.4 is 10.6 Å². The van der Waals surface area contributed by atoms with Crippen molar-refractivity contribution in [2.75, 3.05) is 10.6 Å². The second-order valence-corrected chi connectivity index (χ2v) is 9.04. The number of carboxylic acid groups (broad SMARTS) is 1. The molecule has 3 rings (SSSR count). The SMILES string of the molecule is CC(C)c1ccc(NC(=O)C(Sc2ccc(NC(=O)/C=C/C(=O)O)cc2)c2ccccc2)cc1. The highest BCUT2D eigenvalue weighted by molar-refractivity contribution is 8.00. The quantitative estimate of drug-likeness (QED) is 0.267. The molecule has 174 valence electrons. The van der Waals surface area contributed by atoms with Crippen molar-refractivity contribution in [3.05, 3.63) is 102 Å². The summed E-state index contributed by atoms with van der Waals surface area (Å²) in [5.41, 5.74) is 3.34. The van der Waals surface area contributed by atoms with Crippen molar-refractivity contribution in [2.24, 2.45) is 0 Å². The Morgan fingerprint density at radius 2 is 1.35 bits per heavy atom. The molecule has 0 fully saturated rings. The third-order valence-corrected chi connectivity index (χ3v) is 6.20. The maximum Gasteiger partial charge on any atom is 0.328 e. The van der Waals surface area contributed by atoms with E-state index in [0.717, 1.165) is 28.3 Å². The molecule has 34 heavy (non-hydrogen) atoms. The Hall–Kier alpha value is -3.84. The molecule has 0 aliphatic carbocycles. The van der Waals surface area contributed by atoms with E-state index in [1.165, 1.54) is 17.3 Å². The predicted molar refractivity (Wildman–Crippen MR) is 136 cm³/mol. The van der Waals surface area contributed by atoms with Gasteiger partial charge in [0, 0.05) is 28.4 Å². The van der Waals surface area contributed by atoms with Gasteiger partial charge in [-0.3, -0.25) is 9.59 Å². The fourth-order valence-electron chi connectivity index (χ4n) is 3.14. The summed E-state index contributed by atoms with van der Waals surface area (Å²) in [4.78, 5) is 36.4. The van der Waals surface area contributed by atoms with E-state index >= 15 is 0 Å². The number of benzene rings is 3. The molecule has 2 amide bonds. The Balaban J connectivity index is 1.73. The van der Waals surface area contributed by atoms with Crippen LogP contribution in [0.3, 0.4) is 0 Å². The van der Waals surface area contributed by atoms with Crippen LogP contribution >= 0.6 is 11.8 Å². The molecule has 0 radical (unpaired) electrons. The first-order valence-corrected chi connectivity index (χ1v) is 11.6. The molecule has 0 aromatic heterocycles. The molecule has 0 saturated carbocycles. The van der Waals surface area contributed by atoms with Crippen LogP contribution in [-0.4, -0.2) is 22.9 Å². The van der Waals surface area contributed by atoms with Crippen molar-refractivity contribution in [3.63, 3.8) is 0 Å². The zero-order chi connectivity index (χ0) is 24.5. The van der Waals surface area contributed by atoms with Gasteiger partial charge in [0.1, 0.15) is 5.25 Å². The fraction of sp³-hybridized carbons (Fsp3) is 0.148. The first-order valence-electron chi connectivity index (χ1n) is 10.8. The van der Waals surface area contributed by atoms with Crippen molar-refractivity contribution in [3.8, 4) is 0 Å². The molecule has 1 unspecified atom stereocenters. The van der Waals surface area contributed by atoms with Crippen LogP contribution in [0.4, 0.5) is 11.4 Å². The van der Waals surface area contributed by atoms with E-state index in [1.54, 1.807) is 12.1 Å². The van der Waals surface area contributed by atoms with Crippen LogP contribution in [0.5, 0.6) is 0 Å². The number of thioether (sulfide) groups is 1. The van der Waals surface area contributed by atoms with Crippen molar-refractivity contribution in [2.45, 2.75) is 29.9 Å². The second-order valence-electron chi connectivity index (χ2n) is 7.86. The van der Waals surface area contributed by atoms with Gasteiger partial charge in [-0.1, -0.05) is 56.3 Å². The summed E-state index contributed by atoms with van der Waals surface area (Å²) in [7, 11) is 0. The lowest BCUT2D eigenvalue weighted by Crippen LogP contribution is -2.19. The van der Waals surface area contributed by atoms with E-state index in [1.807, 2.05) is 66.7 Å². The van der Waals surface area contributed by atoms with Gasteiger partial charge in [-0.15, -0.1) is 11.8 Å². The molecular weight excluding hydrogens is 448 g/mol. The van der Waals surface area contributed by atoms with Gasteiger partial charge in [0.15, 0.2) is 0 Å². The monoisotopic (exact) mass is 474 g/mol. The van der Waals surface area contributed by atoms with Gasteiger partial charge in [0.25, 0.3) is 0 Å². The van der Waals surface area contributed by atoms with Gasteiger partial charge in [0.2, 0.25) is 11.8 Å². The molecule has 0 aliphatic rings. The number of carbonyl (C=O) groups excluding carboxylic acids is 2. The lowest BCUT2D eigenvalue weighted by Gasteiger charge is -2.18. The molecule has 3 N–H and O–H groups in total. The molecule has 1 atom stereocenters. The number of amides is 2. The number of hydrogen-bond donors (Lipinski definition) is 3. The third-order valence-electron chi connectivity index (χ3n) is 4.94. The number of aliphatic carboxylic acids is 1. The second kappa shape index (κ2) is 11.9. The van der Waals surface area contributed by atoms with Gasteiger partial charge in [-0.25, -0.2) is 4.79 Å². The van der Waals surface area contributed by atoms with Crippen molar-refractivity contribution in [1.29, 1.82) is 0 Å². The Labute approximate surface area is 203 Å². The number of carboxylic acids is 1. The van der Waals surface area contributed by atoms with Crippen LogP contribution in [0.15, 0.2) is 95.9 Å². The molecular formula is C27H26N2O4S. The van der Waals surface area contributed by atoms with Crippen molar-refractivity contribution >= 4 is 40.9 Å². The zero-order valence-electron chi connectivity index (χ0n) is 18.9. The minimum atomic E-state index is -1.19. The molecule has 0 spiro atoms. The summed E-state index contributed by atoms with van der Waals surface area (Å²) in [6, 6.07) is 24.4. The van der Waals surface area contributed by atoms with Crippen LogP contribution in [0.2, 0.25) is 0 Å². The highest BCUT2D eigenvalue weighted by Crippen LogP contribution is 2.36. The van der Waals surface area contributed by atoms with E-state index in [9.17, 15) is 14.4 Å². The fourth-order valence-corrected chi connectivity index (χ4v) is 4.17. The van der Waals surface area contributed by atoms with Crippen LogP contribution in [0, 0.1) is 0 Å². The normalized spacial score (nSPS) is 11.9. The standard InChI is InChI=1S/C27H26N2O4S/c1-18(2)19-8-10-22(11-9-19)29-27(33)26(20-6-4-3-5-7-20)34-23-14-12-21(13-15-23)28-24(30)16-17-25(31)32/h3-18,26H,1-2H3,(H,28,30)(H,29,33)(H,31,32)/b17-16+. The maximum absolute atomic E-state index is 13.2. The van der Waals surface area contributed by atoms with Gasteiger partial charge in [-0.05, 0) is 53.4 Å². The minimum Gasteiger partial charge on any atom is -0.478 e. The molecule has 3 aromatic carbocycles. The summed E-state index contributed by atoms with van der Waals surface area (Å²) in [5.74, 6) is -1.45. The van der Waals surface area contributed by atoms with Gasteiger partial charge >= 0.3 is 5.97 Å². The summed E-state index contributed by atoms with van der Waals surface area (Å²) in [6.07, 6.45) is 1.73. The van der Waals surface area contributed by atoms with Gasteiger partial charge in [0.05, 0.1) is 0 Å². The van der Waals surface area contributed by atoms with E-state index in [-0.39, 0.29) is 5.91 Å². The lowest BCUT2D eigenvalue weighted by molar-refractivity contribution is -0.131. The average molecular weight is 475 g/mol. The molecule has 0 saturated heterocycles. The number of anilines is 2. The molecule has 6 nitrogen and oxygen atoms in total. The summed E-state index contributed by atoms with van der Waals surface area (Å²) in [5, 5.41) is 13.7. The first-order chi connectivity index (χ1) is 16.3. The number of hydrogen-bond acceptors (Lipinski definition) is 4. The third kappa shape index (κ3) is 7.35. The van der Waals surface area contributed by atoms with Gasteiger partial charge < -0.3 is 15.7 Å². The molecule has 3 aromatic rings. The first kappa shape index (κ1) is 24.8. The Morgan fingerprint density at radius 1 is 0.765 bits per heavy atom. The highest BCUT2D eigenvalue weighted by Gasteiger charge is 2.22. The van der Waals surface area contributed by atoms with E-state index in [2.05, 4.69) is 24.5 Å². The lowest BCUT2D eigenvalue weighted by atomic mass is 10.0. The average Bonchev–Trinajstić information content (AvgIpc) is 2.83. The van der Waals surface area contributed by atoms with Crippen LogP contribution in [-0.2, 0) is 14.4 Å². The van der Waals surface area contributed by atoms with E-state index in [4.69, 9.17) is 5.11 Å². The van der Waals surface area contributed by atoms with Crippen molar-refractivity contribution in [1.82, 2.24) is 0 Å². The summed E-state index contributed by atoms with van der Waals surface area (Å²) >= 11 is 1.40. The number of rotatable bonds is 9. The summed E-state index contributed by atoms with van der Waals surface area (Å²) < 4.78 is 0. The van der Waals surface area contributed by atoms with Gasteiger partial charge in [-0.2, -0.15) is 0 Å². The predicted octanol–water partition coefficient (Wildman–Crippen LogP) is 5.86. The Bertz CT molecular complexity index is 1160. The number of nitrogens with one attached hydrogen (secondary N) is 2. The number of carbonyl (C=O) groups is 3. The topological polar surface area (TPSA) is 95.5 Å². The molecule has 7 heteroatoms. The summed E-state index contributed by atoms with van der Waals surface area (Å²) in [6.45, 7) is 4.25.